The van der Waals surface area contributed by atoms with Crippen molar-refractivity contribution in [2.45, 2.75) is 159 Å². The van der Waals surface area contributed by atoms with E-state index in [-0.39, 0.29) is 59.5 Å². The molecule has 0 radical (unpaired) electrons. The van der Waals surface area contributed by atoms with Crippen molar-refractivity contribution in [3.8, 4) is 0 Å². The Kier molecular flexibility index (Phi) is 11.1. The van der Waals surface area contributed by atoms with Crippen LogP contribution in [0.25, 0.3) is 0 Å². The number of allylic oxidation sites excluding steroid dienone is 1. The van der Waals surface area contributed by atoms with Gasteiger partial charge in [-0.2, -0.15) is 0 Å². The smallest absolute Gasteiger partial charge is 0.338 e. The third kappa shape index (κ3) is 6.75. The minimum absolute atomic E-state index is 0.0443. The summed E-state index contributed by atoms with van der Waals surface area (Å²) in [7, 11) is 3.26. The molecule has 5 fully saturated rings. The summed E-state index contributed by atoms with van der Waals surface area (Å²) in [5, 5.41) is 23.2. The number of hydrogen-bond acceptors (Lipinski definition) is 11. The Hall–Kier alpha value is -2.22. The average molecular weight is 741 g/mol. The second kappa shape index (κ2) is 15.0. The zero-order valence-corrected chi connectivity index (χ0v) is 32.4. The van der Waals surface area contributed by atoms with E-state index in [1.54, 1.807) is 33.3 Å². The van der Waals surface area contributed by atoms with E-state index in [0.29, 0.717) is 44.1 Å². The van der Waals surface area contributed by atoms with Crippen LogP contribution >= 0.6 is 0 Å². The van der Waals surface area contributed by atoms with Crippen LogP contribution in [0.1, 0.15) is 103 Å². The summed E-state index contributed by atoms with van der Waals surface area (Å²) in [5.41, 5.74) is -0.447. The monoisotopic (exact) mass is 740 g/mol. The Morgan fingerprint density at radius 2 is 1.55 bits per heavy atom. The van der Waals surface area contributed by atoms with E-state index in [4.69, 9.17) is 33.2 Å². The second-order valence-electron chi connectivity index (χ2n) is 17.2. The van der Waals surface area contributed by atoms with Crippen LogP contribution in [0.4, 0.5) is 0 Å². The molecule has 2 N–H and O–H groups in total. The molecule has 2 saturated heterocycles. The van der Waals surface area contributed by atoms with Crippen LogP contribution in [0.2, 0.25) is 0 Å². The second-order valence-corrected chi connectivity index (χ2v) is 17.2. The highest BCUT2D eigenvalue weighted by molar-refractivity contribution is 5.89. The molecule has 0 bridgehead atoms. The van der Waals surface area contributed by atoms with E-state index in [9.17, 15) is 19.8 Å². The van der Waals surface area contributed by atoms with Crippen molar-refractivity contribution in [3.63, 3.8) is 0 Å². The number of ether oxygens (including phenoxy) is 7. The molecule has 16 atom stereocenters. The zero-order valence-electron chi connectivity index (χ0n) is 32.4. The van der Waals surface area contributed by atoms with E-state index in [2.05, 4.69) is 13.0 Å². The number of aliphatic hydroxyl groups excluding tert-OH is 1. The van der Waals surface area contributed by atoms with Gasteiger partial charge >= 0.3 is 5.97 Å². The maximum absolute atomic E-state index is 13.6. The van der Waals surface area contributed by atoms with Crippen LogP contribution < -0.4 is 0 Å². The topological polar surface area (TPSA) is 139 Å². The number of fused-ring (bicyclic) bond motifs is 5. The van der Waals surface area contributed by atoms with Gasteiger partial charge in [-0.25, -0.2) is 4.79 Å². The zero-order chi connectivity index (χ0) is 37.9. The number of carbonyl (C=O) groups excluding carboxylic acids is 2. The molecule has 4 aliphatic carbocycles. The first-order chi connectivity index (χ1) is 25.2. The Balaban J connectivity index is 1.05. The number of rotatable bonds is 9. The van der Waals surface area contributed by atoms with Gasteiger partial charge in [0.2, 0.25) is 0 Å². The molecule has 294 valence electrons. The Morgan fingerprint density at radius 1 is 0.868 bits per heavy atom. The Labute approximate surface area is 314 Å². The molecule has 0 unspecified atom stereocenters. The number of hydrogen-bond donors (Lipinski definition) is 2. The first-order valence-corrected chi connectivity index (χ1v) is 19.8. The summed E-state index contributed by atoms with van der Waals surface area (Å²) in [6.07, 6.45) is 3.86. The predicted octanol–water partition coefficient (Wildman–Crippen LogP) is 5.54. The van der Waals surface area contributed by atoms with Gasteiger partial charge in [-0.15, -0.1) is 0 Å². The molecular formula is C42H60O11. The van der Waals surface area contributed by atoms with E-state index in [1.165, 1.54) is 5.57 Å². The van der Waals surface area contributed by atoms with Crippen molar-refractivity contribution in [2.24, 2.45) is 28.6 Å². The summed E-state index contributed by atoms with van der Waals surface area (Å²) in [6.45, 7) is 9.69. The fourth-order valence-electron chi connectivity index (χ4n) is 11.5. The van der Waals surface area contributed by atoms with Crippen molar-refractivity contribution in [2.75, 3.05) is 14.2 Å². The number of esters is 1. The van der Waals surface area contributed by atoms with Crippen LogP contribution in [0.5, 0.6) is 0 Å². The Morgan fingerprint density at radius 3 is 2.25 bits per heavy atom. The first kappa shape index (κ1) is 39.0. The minimum Gasteiger partial charge on any atom is -0.458 e. The standard InChI is InChI=1S/C42H60O11/c1-23(43)29-16-18-42(46)30-14-13-27-19-28(15-17-40(27,4)31(30)20-34(41(29,42)5)52-39(45)26-11-9-8-10-12-26)51-35-22-33(48-7)38(25(3)50-35)53-36-21-32(47-6)37(44)24(2)49-36/h8-13,24-25,28-38,44,46H,14-22H2,1-7H3/t24-,25-,28+,29+,30-,31+,32-,33+,34-,35+,36+,37-,38-,40+,41+,42+/m1/s1. The van der Waals surface area contributed by atoms with Crippen molar-refractivity contribution < 1.29 is 53.0 Å². The fourth-order valence-corrected chi connectivity index (χ4v) is 11.5. The molecule has 7 rings (SSSR count). The normalized spacial score (nSPS) is 46.7. The quantitative estimate of drug-likeness (QED) is 0.244. The number of aliphatic hydroxyl groups is 2. The fraction of sp³-hybridized carbons (Fsp3) is 0.762. The maximum Gasteiger partial charge on any atom is 0.338 e. The van der Waals surface area contributed by atoms with Gasteiger partial charge in [-0.05, 0) is 95.1 Å². The van der Waals surface area contributed by atoms with Crippen molar-refractivity contribution in [1.82, 2.24) is 0 Å². The van der Waals surface area contributed by atoms with Crippen LogP contribution in [-0.2, 0) is 38.0 Å². The lowest BCUT2D eigenvalue weighted by Crippen LogP contribution is -2.66. The van der Waals surface area contributed by atoms with Gasteiger partial charge in [-0.3, -0.25) is 4.79 Å². The highest BCUT2D eigenvalue weighted by Gasteiger charge is 2.71. The van der Waals surface area contributed by atoms with Crippen LogP contribution in [0, 0.1) is 28.6 Å². The predicted molar refractivity (Wildman–Crippen MR) is 194 cm³/mol. The molecule has 0 spiro atoms. The van der Waals surface area contributed by atoms with Crippen molar-refractivity contribution >= 4 is 11.8 Å². The van der Waals surface area contributed by atoms with E-state index in [1.807, 2.05) is 39.0 Å². The molecule has 11 nitrogen and oxygen atoms in total. The van der Waals surface area contributed by atoms with E-state index >= 15 is 0 Å². The molecule has 2 heterocycles. The highest BCUT2D eigenvalue weighted by atomic mass is 16.7. The average Bonchev–Trinajstić information content (AvgIpc) is 3.43. The van der Waals surface area contributed by atoms with Gasteiger partial charge in [0.25, 0.3) is 0 Å². The number of Topliss-reactive ketones (excluding diaryl/α,β-unsaturated/α-hetero) is 1. The SMILES string of the molecule is CO[C@H]1C[C@H](O[C@H]2CC[C@@]3(C)C(=CC[C@@H]4[C@@H]3C[C@@H](OC(=O)c3ccccc3)[C@]3(C)[C@H](C(C)=O)CC[C@]43O)C2)O[C@H](C)[C@H]1O[C@H]1C[C@@H](OC)[C@H](O)[C@@H](C)O1. The largest absolute Gasteiger partial charge is 0.458 e. The lowest BCUT2D eigenvalue weighted by atomic mass is 9.45. The molecule has 6 aliphatic rings. The number of benzene rings is 1. The minimum atomic E-state index is -1.14. The summed E-state index contributed by atoms with van der Waals surface area (Å²) >= 11 is 0. The van der Waals surface area contributed by atoms with Crippen LogP contribution in [-0.4, -0.2) is 103 Å². The van der Waals surface area contributed by atoms with Crippen molar-refractivity contribution in [3.05, 3.63) is 47.5 Å². The molecule has 1 aromatic carbocycles. The van der Waals surface area contributed by atoms with Gasteiger partial charge in [0.15, 0.2) is 12.6 Å². The number of carbonyl (C=O) groups is 2. The molecule has 1 aromatic rings. The number of ketones is 1. The molecule has 2 aliphatic heterocycles. The molecule has 0 amide bonds. The first-order valence-electron chi connectivity index (χ1n) is 19.8. The third-order valence-corrected chi connectivity index (χ3v) is 14.6. The molecule has 3 saturated carbocycles. The summed E-state index contributed by atoms with van der Waals surface area (Å²) in [6, 6.07) is 8.99. The van der Waals surface area contributed by atoms with Crippen molar-refractivity contribution in [1.29, 1.82) is 0 Å². The number of methoxy groups -OCH3 is 2. The van der Waals surface area contributed by atoms with Gasteiger partial charge < -0.3 is 43.4 Å². The summed E-state index contributed by atoms with van der Waals surface area (Å²) < 4.78 is 43.3. The van der Waals surface area contributed by atoms with E-state index < -0.39 is 47.9 Å². The molecule has 0 aromatic heterocycles. The van der Waals surface area contributed by atoms with Gasteiger partial charge in [-0.1, -0.05) is 43.7 Å². The lowest BCUT2D eigenvalue weighted by molar-refractivity contribution is -0.319. The molecular weight excluding hydrogens is 680 g/mol. The van der Waals surface area contributed by atoms with Crippen LogP contribution in [0.15, 0.2) is 42.0 Å². The summed E-state index contributed by atoms with van der Waals surface area (Å²) in [5.74, 6) is -0.718. The highest BCUT2D eigenvalue weighted by Crippen LogP contribution is 2.68. The van der Waals surface area contributed by atoms with Gasteiger partial charge in [0, 0.05) is 38.4 Å². The lowest BCUT2D eigenvalue weighted by Gasteiger charge is -2.63. The van der Waals surface area contributed by atoms with Gasteiger partial charge in [0.05, 0.1) is 41.7 Å². The Bertz CT molecular complexity index is 1520. The van der Waals surface area contributed by atoms with E-state index in [0.717, 1.165) is 19.3 Å². The maximum atomic E-state index is 13.6. The van der Waals surface area contributed by atoms with Gasteiger partial charge in [0.1, 0.15) is 24.1 Å². The van der Waals surface area contributed by atoms with Crippen LogP contribution in [0.3, 0.4) is 0 Å². The molecule has 53 heavy (non-hydrogen) atoms. The summed E-state index contributed by atoms with van der Waals surface area (Å²) in [4.78, 5) is 26.6. The molecule has 11 heteroatoms. The third-order valence-electron chi connectivity index (χ3n) is 14.6.